The Balaban J connectivity index is 1.74. The quantitative estimate of drug-likeness (QED) is 0.0854. The number of rotatable bonds is 17. The van der Waals surface area contributed by atoms with Gasteiger partial charge in [0.1, 0.15) is 35.3 Å². The van der Waals surface area contributed by atoms with E-state index in [1.807, 2.05) is 26.0 Å². The van der Waals surface area contributed by atoms with Crippen LogP contribution in [0.2, 0.25) is 0 Å². The number of ether oxygens (including phenoxy) is 4. The number of anilines is 1. The topological polar surface area (TPSA) is 192 Å². The SMILES string of the molecule is CCC(CC)COC(=O)[C@H](C)NP(=O)(OC[C@H]1O[C@@](C)(c2ccc3c(N)ncnn23)[C@H](OC(=O)C(C)C)[C@@H]1OC(=O)C(C)C)Oc1ccc(C(C)(C)C)cc1. The van der Waals surface area contributed by atoms with Crippen molar-refractivity contribution >= 4 is 37.0 Å². The van der Waals surface area contributed by atoms with E-state index in [1.165, 1.54) is 17.8 Å². The number of hydrogen-bond donors (Lipinski definition) is 2. The van der Waals surface area contributed by atoms with Gasteiger partial charge in [0, 0.05) is 0 Å². The molecule has 3 heterocycles. The van der Waals surface area contributed by atoms with Crippen molar-refractivity contribution in [3.05, 3.63) is 54.0 Å². The maximum absolute atomic E-state index is 14.7. The zero-order chi connectivity index (χ0) is 40.9. The molecule has 15 nitrogen and oxygen atoms in total. The summed E-state index contributed by atoms with van der Waals surface area (Å²) in [4.78, 5) is 43.7. The van der Waals surface area contributed by atoms with Crippen molar-refractivity contribution in [3.8, 4) is 5.75 Å². The standard InChI is InChI=1S/C39H58N5O10P/c1-12-26(13-2)20-49-37(47)25(7)43-55(48,54-28-16-14-27(15-17-28)38(8,9)10)50-21-30-32(51-35(45)23(3)4)33(52-36(46)24(5)6)39(11,53-30)31-19-18-29-34(40)41-22-42-44(29)31/h14-19,22-26,30,32-33H,12-13,20-21H2,1-11H3,(H,43,48)(H2,40,41,42)/t25-,30+,32+,33+,39-,55?/m0/s1. The van der Waals surface area contributed by atoms with Crippen LogP contribution < -0.4 is 15.3 Å². The van der Waals surface area contributed by atoms with Crippen LogP contribution in [0.4, 0.5) is 5.82 Å². The summed E-state index contributed by atoms with van der Waals surface area (Å²) >= 11 is 0. The average molecular weight is 788 g/mol. The van der Waals surface area contributed by atoms with Gasteiger partial charge in [-0.15, -0.1) is 0 Å². The number of carbonyl (C=O) groups is 3. The van der Waals surface area contributed by atoms with E-state index in [0.717, 1.165) is 18.4 Å². The van der Waals surface area contributed by atoms with Crippen LogP contribution in [0.15, 0.2) is 42.7 Å². The molecule has 2 aromatic heterocycles. The van der Waals surface area contributed by atoms with Crippen molar-refractivity contribution in [1.29, 1.82) is 0 Å². The summed E-state index contributed by atoms with van der Waals surface area (Å²) in [5.41, 5.74) is 6.38. The maximum atomic E-state index is 14.7. The van der Waals surface area contributed by atoms with E-state index in [2.05, 4.69) is 35.9 Å². The molecule has 1 fully saturated rings. The molecule has 1 unspecified atom stereocenters. The Bertz CT molecular complexity index is 1840. The zero-order valence-corrected chi connectivity index (χ0v) is 34.8. The average Bonchev–Trinajstić information content (AvgIpc) is 3.68. The summed E-state index contributed by atoms with van der Waals surface area (Å²) in [5.74, 6) is -2.32. The Morgan fingerprint density at radius 1 is 0.964 bits per heavy atom. The minimum absolute atomic E-state index is 0.155. The highest BCUT2D eigenvalue weighted by atomic mass is 31.2. The Kier molecular flexibility index (Phi) is 14.2. The lowest BCUT2D eigenvalue weighted by Gasteiger charge is -2.31. The van der Waals surface area contributed by atoms with Crippen LogP contribution in [-0.2, 0) is 53.4 Å². The fourth-order valence-corrected chi connectivity index (χ4v) is 7.53. The Morgan fingerprint density at radius 3 is 2.16 bits per heavy atom. The molecule has 0 radical (unpaired) electrons. The Labute approximate surface area is 323 Å². The second-order valence-corrected chi connectivity index (χ2v) is 17.5. The van der Waals surface area contributed by atoms with Crippen LogP contribution in [0.25, 0.3) is 5.52 Å². The number of nitrogens with one attached hydrogen (secondary N) is 1. The van der Waals surface area contributed by atoms with E-state index in [-0.39, 0.29) is 29.5 Å². The highest BCUT2D eigenvalue weighted by molar-refractivity contribution is 7.52. The second-order valence-electron chi connectivity index (χ2n) is 15.8. The van der Waals surface area contributed by atoms with Crippen LogP contribution in [-0.4, -0.2) is 70.1 Å². The molecule has 1 aliphatic heterocycles. The highest BCUT2D eigenvalue weighted by Crippen LogP contribution is 2.49. The van der Waals surface area contributed by atoms with E-state index in [9.17, 15) is 18.9 Å². The lowest BCUT2D eigenvalue weighted by molar-refractivity contribution is -0.175. The molecule has 0 spiro atoms. The van der Waals surface area contributed by atoms with Gasteiger partial charge in [0.25, 0.3) is 0 Å². The van der Waals surface area contributed by atoms with E-state index in [0.29, 0.717) is 11.2 Å². The van der Waals surface area contributed by atoms with Crippen molar-refractivity contribution < 1.29 is 46.9 Å². The number of esters is 3. The summed E-state index contributed by atoms with van der Waals surface area (Å²) in [6.07, 6.45) is -0.728. The molecule has 304 valence electrons. The molecule has 0 aliphatic carbocycles. The Morgan fingerprint density at radius 2 is 1.58 bits per heavy atom. The number of fused-ring (bicyclic) bond motifs is 1. The summed E-state index contributed by atoms with van der Waals surface area (Å²) in [6.45, 7) is 19.8. The largest absolute Gasteiger partial charge is 0.464 e. The molecule has 6 atom stereocenters. The third kappa shape index (κ3) is 10.4. The van der Waals surface area contributed by atoms with Gasteiger partial charge in [0.2, 0.25) is 0 Å². The first kappa shape index (κ1) is 43.7. The van der Waals surface area contributed by atoms with Gasteiger partial charge >= 0.3 is 25.7 Å². The minimum atomic E-state index is -4.43. The molecule has 4 rings (SSSR count). The number of carbonyl (C=O) groups excluding carboxylic acids is 3. The predicted molar refractivity (Wildman–Crippen MR) is 206 cm³/mol. The lowest BCUT2D eigenvalue weighted by Crippen LogP contribution is -2.46. The molecule has 16 heteroatoms. The third-order valence-electron chi connectivity index (χ3n) is 9.71. The molecular weight excluding hydrogens is 729 g/mol. The number of nitrogen functional groups attached to an aromatic ring is 1. The van der Waals surface area contributed by atoms with Gasteiger partial charge in [-0.05, 0) is 55.0 Å². The summed E-state index contributed by atoms with van der Waals surface area (Å²) in [7, 11) is -4.43. The van der Waals surface area contributed by atoms with E-state index in [4.69, 9.17) is 33.7 Å². The molecule has 0 amide bonds. The first-order valence-corrected chi connectivity index (χ1v) is 20.4. The van der Waals surface area contributed by atoms with Gasteiger partial charge in [-0.25, -0.2) is 14.1 Å². The lowest BCUT2D eigenvalue weighted by atomic mass is 9.87. The predicted octanol–water partition coefficient (Wildman–Crippen LogP) is 6.52. The molecule has 3 N–H and O–H groups in total. The van der Waals surface area contributed by atoms with Gasteiger partial charge in [0.05, 0.1) is 30.7 Å². The second kappa shape index (κ2) is 17.8. The molecule has 1 aromatic carbocycles. The molecule has 0 saturated carbocycles. The smallest absolute Gasteiger partial charge is 0.459 e. The number of aromatic nitrogens is 3. The van der Waals surface area contributed by atoms with Crippen LogP contribution >= 0.6 is 7.75 Å². The summed E-state index contributed by atoms with van der Waals surface area (Å²) < 4.78 is 52.7. The number of hydrogen-bond acceptors (Lipinski definition) is 13. The fraction of sp³-hybridized carbons (Fsp3) is 0.615. The van der Waals surface area contributed by atoms with Gasteiger partial charge in [-0.1, -0.05) is 87.3 Å². The van der Waals surface area contributed by atoms with Crippen LogP contribution in [0.5, 0.6) is 5.75 Å². The van der Waals surface area contributed by atoms with Crippen LogP contribution in [0.1, 0.15) is 100 Å². The summed E-state index contributed by atoms with van der Waals surface area (Å²) in [5, 5.41) is 7.10. The number of nitrogens with two attached hydrogens (primary N) is 1. The van der Waals surface area contributed by atoms with Gasteiger partial charge in [-0.2, -0.15) is 10.2 Å². The van der Waals surface area contributed by atoms with Gasteiger partial charge in [0.15, 0.2) is 18.0 Å². The van der Waals surface area contributed by atoms with Gasteiger partial charge < -0.3 is 29.2 Å². The van der Waals surface area contributed by atoms with Crippen molar-refractivity contribution in [2.75, 3.05) is 18.9 Å². The number of nitrogens with zero attached hydrogens (tertiary/aromatic N) is 3. The number of benzene rings is 1. The Hall–Kier alpha value is -4.04. The first-order chi connectivity index (χ1) is 25.7. The van der Waals surface area contributed by atoms with E-state index in [1.54, 1.807) is 58.9 Å². The monoisotopic (exact) mass is 787 g/mol. The van der Waals surface area contributed by atoms with Crippen molar-refractivity contribution in [3.63, 3.8) is 0 Å². The van der Waals surface area contributed by atoms with Gasteiger partial charge in [-0.3, -0.25) is 18.9 Å². The van der Waals surface area contributed by atoms with Crippen molar-refractivity contribution in [1.82, 2.24) is 19.7 Å². The normalized spacial score (nSPS) is 21.8. The molecule has 1 aliphatic rings. The highest BCUT2D eigenvalue weighted by Gasteiger charge is 2.59. The van der Waals surface area contributed by atoms with E-state index < -0.39 is 74.1 Å². The molecule has 0 bridgehead atoms. The van der Waals surface area contributed by atoms with Crippen LogP contribution in [0.3, 0.4) is 0 Å². The third-order valence-corrected chi connectivity index (χ3v) is 11.4. The minimum Gasteiger partial charge on any atom is -0.464 e. The molecular formula is C39H58N5O10P. The van der Waals surface area contributed by atoms with Crippen molar-refractivity contribution in [2.45, 2.75) is 124 Å². The molecule has 55 heavy (non-hydrogen) atoms. The summed E-state index contributed by atoms with van der Waals surface area (Å²) in [6, 6.07) is 9.31. The van der Waals surface area contributed by atoms with Crippen molar-refractivity contribution in [2.24, 2.45) is 17.8 Å². The molecule has 1 saturated heterocycles. The molecule has 3 aromatic rings. The fourth-order valence-electron chi connectivity index (χ4n) is 6.02. The zero-order valence-electron chi connectivity index (χ0n) is 33.9. The van der Waals surface area contributed by atoms with Crippen LogP contribution in [0, 0.1) is 17.8 Å². The van der Waals surface area contributed by atoms with E-state index >= 15 is 0 Å². The maximum Gasteiger partial charge on any atom is 0.459 e. The first-order valence-electron chi connectivity index (χ1n) is 18.9.